The molecule has 0 spiro atoms. The molecule has 0 heterocycles. The van der Waals surface area contributed by atoms with Crippen LogP contribution in [-0.4, -0.2) is 44.4 Å². The Kier molecular flexibility index (Phi) is 9.92. The molecule has 0 aliphatic carbocycles. The van der Waals surface area contributed by atoms with Crippen LogP contribution in [0.1, 0.15) is 39.2 Å². The number of hydrogen-bond donors (Lipinski definition) is 0. The minimum absolute atomic E-state index is 0.789. The smallest absolute Gasteiger partial charge is 0.119 e. The van der Waals surface area contributed by atoms with Crippen LogP contribution in [0.25, 0.3) is 0 Å². The van der Waals surface area contributed by atoms with Gasteiger partial charge in [-0.3, -0.25) is 0 Å². The van der Waals surface area contributed by atoms with Crippen molar-refractivity contribution in [3.8, 4) is 5.75 Å². The zero-order valence-electron chi connectivity index (χ0n) is 13.9. The molecule has 0 bridgehead atoms. The molecule has 3 heteroatoms. The van der Waals surface area contributed by atoms with Gasteiger partial charge < -0.3 is 14.4 Å². The fourth-order valence-electron chi connectivity index (χ4n) is 2.11. The van der Waals surface area contributed by atoms with Crippen molar-refractivity contribution < 1.29 is 9.47 Å². The second-order valence-electron chi connectivity index (χ2n) is 5.24. The fourth-order valence-corrected chi connectivity index (χ4v) is 2.11. The molecule has 1 aromatic carbocycles. The minimum atomic E-state index is 0.789. The van der Waals surface area contributed by atoms with E-state index in [-0.39, 0.29) is 0 Å². The molecule has 0 N–H and O–H groups in total. The summed E-state index contributed by atoms with van der Waals surface area (Å²) in [6, 6.07) is 8.38. The molecule has 0 radical (unpaired) electrons. The molecule has 0 aliphatic rings. The average Bonchev–Trinajstić information content (AvgIpc) is 2.52. The lowest BCUT2D eigenvalue weighted by Gasteiger charge is -2.17. The van der Waals surface area contributed by atoms with Crippen LogP contribution in [0.4, 0.5) is 0 Å². The van der Waals surface area contributed by atoms with Crippen LogP contribution < -0.4 is 4.74 Å². The lowest BCUT2D eigenvalue weighted by molar-refractivity contribution is 0.109. The summed E-state index contributed by atoms with van der Waals surface area (Å²) in [5.74, 6) is 0.967. The van der Waals surface area contributed by atoms with Gasteiger partial charge in [-0.2, -0.15) is 0 Å². The zero-order valence-corrected chi connectivity index (χ0v) is 13.9. The fraction of sp³-hybridized carbons (Fsp3) is 0.667. The molecule has 0 atom stereocenters. The molecule has 120 valence electrons. The van der Waals surface area contributed by atoms with E-state index in [0.717, 1.165) is 58.0 Å². The Hall–Kier alpha value is -1.06. The van der Waals surface area contributed by atoms with Gasteiger partial charge >= 0.3 is 0 Å². The first-order valence-electron chi connectivity index (χ1n) is 8.32. The molecule has 0 unspecified atom stereocenters. The number of nitrogens with zero attached hydrogens (tertiary/aromatic N) is 1. The number of likely N-dealkylation sites (N-methyl/N-ethyl adjacent to an activating group) is 1. The highest BCUT2D eigenvalue weighted by Gasteiger charge is 1.99. The van der Waals surface area contributed by atoms with Crippen molar-refractivity contribution in [2.45, 2.75) is 40.0 Å². The summed E-state index contributed by atoms with van der Waals surface area (Å²) in [6.07, 6.45) is 3.25. The lowest BCUT2D eigenvalue weighted by Crippen LogP contribution is -2.27. The van der Waals surface area contributed by atoms with Gasteiger partial charge in [-0.1, -0.05) is 39.3 Å². The predicted molar refractivity (Wildman–Crippen MR) is 89.2 cm³/mol. The van der Waals surface area contributed by atoms with Gasteiger partial charge in [0.05, 0.1) is 19.8 Å². The van der Waals surface area contributed by atoms with Crippen LogP contribution >= 0.6 is 0 Å². The van der Waals surface area contributed by atoms with E-state index >= 15 is 0 Å². The van der Waals surface area contributed by atoms with E-state index in [4.69, 9.17) is 9.47 Å². The van der Waals surface area contributed by atoms with Crippen molar-refractivity contribution in [2.24, 2.45) is 0 Å². The Morgan fingerprint density at radius 1 is 0.905 bits per heavy atom. The maximum atomic E-state index is 5.71. The predicted octanol–water partition coefficient (Wildman–Crippen LogP) is 3.77. The molecule has 0 saturated heterocycles. The normalized spacial score (nSPS) is 11.0. The third-order valence-electron chi connectivity index (χ3n) is 3.67. The molecule has 0 saturated carbocycles. The summed E-state index contributed by atoms with van der Waals surface area (Å²) < 4.78 is 11.4. The van der Waals surface area contributed by atoms with Gasteiger partial charge in [0, 0.05) is 6.54 Å². The Labute approximate surface area is 130 Å². The number of hydrogen-bond acceptors (Lipinski definition) is 3. The summed E-state index contributed by atoms with van der Waals surface area (Å²) in [7, 11) is 0. The third kappa shape index (κ3) is 8.08. The van der Waals surface area contributed by atoms with Crippen molar-refractivity contribution in [3.05, 3.63) is 29.8 Å². The second kappa shape index (κ2) is 11.6. The number of unbranched alkanes of at least 4 members (excludes halogenated alkanes) is 1. The van der Waals surface area contributed by atoms with Crippen molar-refractivity contribution >= 4 is 0 Å². The SMILES string of the molecule is CCCCOc1ccc(CCOCCN(CC)CC)cc1. The van der Waals surface area contributed by atoms with Crippen molar-refractivity contribution in [1.82, 2.24) is 4.90 Å². The summed E-state index contributed by atoms with van der Waals surface area (Å²) in [6.45, 7) is 12.2. The molecule has 1 rings (SSSR count). The maximum absolute atomic E-state index is 5.71. The van der Waals surface area contributed by atoms with Crippen LogP contribution in [0, 0.1) is 0 Å². The van der Waals surface area contributed by atoms with Gasteiger partial charge in [-0.05, 0) is 43.6 Å². The first-order chi connectivity index (χ1) is 10.3. The molecule has 0 fully saturated rings. The maximum Gasteiger partial charge on any atom is 0.119 e. The summed E-state index contributed by atoms with van der Waals surface area (Å²) in [5, 5.41) is 0. The van der Waals surface area contributed by atoms with Crippen molar-refractivity contribution in [3.63, 3.8) is 0 Å². The Morgan fingerprint density at radius 2 is 1.62 bits per heavy atom. The first kappa shape index (κ1) is 18.0. The number of ether oxygens (including phenoxy) is 2. The topological polar surface area (TPSA) is 21.7 Å². The number of rotatable bonds is 12. The molecule has 0 aromatic heterocycles. The Morgan fingerprint density at radius 3 is 2.24 bits per heavy atom. The second-order valence-corrected chi connectivity index (χ2v) is 5.24. The van der Waals surface area contributed by atoms with Gasteiger partial charge in [0.25, 0.3) is 0 Å². The summed E-state index contributed by atoms with van der Waals surface area (Å²) in [5.41, 5.74) is 1.31. The highest BCUT2D eigenvalue weighted by Crippen LogP contribution is 2.13. The molecule has 0 aliphatic heterocycles. The summed E-state index contributed by atoms with van der Waals surface area (Å²) >= 11 is 0. The van der Waals surface area contributed by atoms with Crippen LogP contribution in [0.5, 0.6) is 5.75 Å². The molecule has 0 amide bonds. The minimum Gasteiger partial charge on any atom is -0.494 e. The van der Waals surface area contributed by atoms with E-state index in [9.17, 15) is 0 Å². The van der Waals surface area contributed by atoms with Crippen molar-refractivity contribution in [1.29, 1.82) is 0 Å². The highest BCUT2D eigenvalue weighted by atomic mass is 16.5. The largest absolute Gasteiger partial charge is 0.494 e. The standard InChI is InChI=1S/C18H31NO2/c1-4-7-14-21-18-10-8-17(9-11-18)12-15-20-16-13-19(5-2)6-3/h8-11H,4-7,12-16H2,1-3H3. The van der Waals surface area contributed by atoms with Gasteiger partial charge in [0.2, 0.25) is 0 Å². The van der Waals surface area contributed by atoms with E-state index in [1.807, 2.05) is 0 Å². The number of benzene rings is 1. The average molecular weight is 293 g/mol. The van der Waals surface area contributed by atoms with Gasteiger partial charge in [0.1, 0.15) is 5.75 Å². The van der Waals surface area contributed by atoms with Crippen LogP contribution in [0.3, 0.4) is 0 Å². The lowest BCUT2D eigenvalue weighted by atomic mass is 10.1. The Balaban J connectivity index is 2.15. The summed E-state index contributed by atoms with van der Waals surface area (Å²) in [4.78, 5) is 2.38. The Bertz CT molecular complexity index is 347. The highest BCUT2D eigenvalue weighted by molar-refractivity contribution is 5.27. The van der Waals surface area contributed by atoms with E-state index in [1.165, 1.54) is 12.0 Å². The van der Waals surface area contributed by atoms with Gasteiger partial charge in [0.15, 0.2) is 0 Å². The monoisotopic (exact) mass is 293 g/mol. The first-order valence-corrected chi connectivity index (χ1v) is 8.32. The zero-order chi connectivity index (χ0) is 15.3. The van der Waals surface area contributed by atoms with Gasteiger partial charge in [-0.15, -0.1) is 0 Å². The molecular formula is C18H31NO2. The molecule has 21 heavy (non-hydrogen) atoms. The van der Waals surface area contributed by atoms with E-state index < -0.39 is 0 Å². The van der Waals surface area contributed by atoms with Gasteiger partial charge in [-0.25, -0.2) is 0 Å². The van der Waals surface area contributed by atoms with Crippen LogP contribution in [0.15, 0.2) is 24.3 Å². The van der Waals surface area contributed by atoms with E-state index in [1.54, 1.807) is 0 Å². The molecule has 3 nitrogen and oxygen atoms in total. The van der Waals surface area contributed by atoms with E-state index in [2.05, 4.69) is 49.9 Å². The van der Waals surface area contributed by atoms with Crippen molar-refractivity contribution in [2.75, 3.05) is 39.5 Å². The van der Waals surface area contributed by atoms with Crippen LogP contribution in [-0.2, 0) is 11.2 Å². The van der Waals surface area contributed by atoms with Crippen LogP contribution in [0.2, 0.25) is 0 Å². The van der Waals surface area contributed by atoms with E-state index in [0.29, 0.717) is 0 Å². The third-order valence-corrected chi connectivity index (χ3v) is 3.67. The quantitative estimate of drug-likeness (QED) is 0.548. The molecular weight excluding hydrogens is 262 g/mol. The molecule has 1 aromatic rings.